The Labute approximate surface area is 259 Å². The van der Waals surface area contributed by atoms with Crippen LogP contribution < -0.4 is 14.8 Å². The van der Waals surface area contributed by atoms with Gasteiger partial charge in [-0.2, -0.15) is 0 Å². The molecule has 9 nitrogen and oxygen atoms in total. The molecule has 1 heterocycles. The molecule has 43 heavy (non-hydrogen) atoms. The van der Waals surface area contributed by atoms with Gasteiger partial charge in [0.2, 0.25) is 15.9 Å². The summed E-state index contributed by atoms with van der Waals surface area (Å²) >= 11 is 6.37. The highest BCUT2D eigenvalue weighted by atomic mass is 35.5. The zero-order chi connectivity index (χ0) is 31.1. The molecule has 234 valence electrons. The van der Waals surface area contributed by atoms with E-state index in [1.54, 1.807) is 44.0 Å². The predicted octanol–water partition coefficient (Wildman–Crippen LogP) is 4.70. The molecule has 3 aliphatic rings. The molecule has 0 bridgehead atoms. The van der Waals surface area contributed by atoms with Gasteiger partial charge in [-0.15, -0.1) is 0 Å². The monoisotopic (exact) mass is 631 g/mol. The van der Waals surface area contributed by atoms with Crippen molar-refractivity contribution >= 4 is 39.2 Å². The number of primary sulfonamides is 1. The molecule has 2 aromatic carbocycles. The molecular weight excluding hydrogens is 590 g/mol. The van der Waals surface area contributed by atoms with Crippen LogP contribution in [-0.2, 0) is 26.7 Å². The average Bonchev–Trinajstić information content (AvgIpc) is 3.09. The second-order valence-corrected chi connectivity index (χ2v) is 15.3. The maximum absolute atomic E-state index is 13.0. The summed E-state index contributed by atoms with van der Waals surface area (Å²) in [5.74, 6) is -0.186. The number of carbonyl (C=O) groups excluding carboxylic acids is 1. The molecule has 1 spiro atoms. The molecule has 1 amide bonds. The minimum absolute atomic E-state index is 0.0929. The molecule has 2 aliphatic carbocycles. The van der Waals surface area contributed by atoms with Gasteiger partial charge in [-0.25, -0.2) is 18.4 Å². The van der Waals surface area contributed by atoms with Crippen molar-refractivity contribution in [1.82, 2.24) is 4.90 Å². The quantitative estimate of drug-likeness (QED) is 0.410. The Bertz CT molecular complexity index is 1500. The summed E-state index contributed by atoms with van der Waals surface area (Å²) in [5, 5.41) is 15.0. The van der Waals surface area contributed by atoms with Crippen molar-refractivity contribution in [2.24, 2.45) is 22.9 Å². The molecule has 3 N–H and O–H groups in total. The van der Waals surface area contributed by atoms with Gasteiger partial charge in [-0.1, -0.05) is 24.6 Å². The number of nitrogens with two attached hydrogens (primary N) is 1. The van der Waals surface area contributed by atoms with Crippen LogP contribution in [0.25, 0.3) is 0 Å². The summed E-state index contributed by atoms with van der Waals surface area (Å²) in [6.45, 7) is 5.77. The highest BCUT2D eigenvalue weighted by molar-refractivity contribution is 7.89. The van der Waals surface area contributed by atoms with Gasteiger partial charge in [0.1, 0.15) is 5.75 Å². The first-order chi connectivity index (χ1) is 20.3. The number of aryl methyl sites for hydroxylation is 1. The lowest BCUT2D eigenvalue weighted by atomic mass is 9.69. The number of nitrogens with zero attached hydrogens (tertiary/aromatic N) is 2. The van der Waals surface area contributed by atoms with E-state index in [0.29, 0.717) is 31.4 Å². The normalized spacial score (nSPS) is 24.5. The Balaban J connectivity index is 1.36. The smallest absolute Gasteiger partial charge is 0.335 e. The van der Waals surface area contributed by atoms with E-state index < -0.39 is 21.2 Å². The number of sulfonamides is 1. The number of amides is 1. The second kappa shape index (κ2) is 12.3. The molecule has 1 aliphatic heterocycles. The fraction of sp³-hybridized carbons (Fsp3) is 0.562. The fourth-order valence-electron chi connectivity index (χ4n) is 7.02. The maximum atomic E-state index is 13.0. The van der Waals surface area contributed by atoms with Gasteiger partial charge in [0.25, 0.3) is 0 Å². The van der Waals surface area contributed by atoms with Crippen LogP contribution in [0.3, 0.4) is 0 Å². The summed E-state index contributed by atoms with van der Waals surface area (Å²) in [6, 6.07) is 11.2. The number of benzene rings is 2. The van der Waals surface area contributed by atoms with E-state index in [9.17, 15) is 23.1 Å². The summed E-state index contributed by atoms with van der Waals surface area (Å²) in [6.07, 6.45) is 5.06. The van der Waals surface area contributed by atoms with Gasteiger partial charge in [0.05, 0.1) is 23.1 Å². The number of carboxylic acid groups (broad SMARTS) is 1. The van der Waals surface area contributed by atoms with E-state index in [2.05, 4.69) is 17.0 Å². The second-order valence-electron chi connectivity index (χ2n) is 12.9. The van der Waals surface area contributed by atoms with E-state index >= 15 is 0 Å². The number of carboxylic acids is 1. The van der Waals surface area contributed by atoms with Crippen molar-refractivity contribution in [3.05, 3.63) is 58.1 Å². The molecule has 5 rings (SSSR count). The topological polar surface area (TPSA) is 130 Å². The molecule has 0 saturated heterocycles. The van der Waals surface area contributed by atoms with E-state index in [0.717, 1.165) is 49.4 Å². The van der Waals surface area contributed by atoms with Crippen molar-refractivity contribution in [1.29, 1.82) is 0 Å². The Morgan fingerprint density at radius 3 is 2.60 bits per heavy atom. The molecule has 0 radical (unpaired) electrons. The van der Waals surface area contributed by atoms with E-state index in [4.69, 9.17) is 21.5 Å². The van der Waals surface area contributed by atoms with Gasteiger partial charge in [0, 0.05) is 43.5 Å². The molecule has 1 saturated carbocycles. The number of carbonyl (C=O) groups is 2. The van der Waals surface area contributed by atoms with Crippen molar-refractivity contribution in [2.75, 3.05) is 38.2 Å². The van der Waals surface area contributed by atoms with Gasteiger partial charge >= 0.3 is 5.97 Å². The van der Waals surface area contributed by atoms with Gasteiger partial charge in [-0.3, -0.25) is 4.79 Å². The molecule has 11 heteroatoms. The summed E-state index contributed by atoms with van der Waals surface area (Å²) in [7, 11) is -1.94. The number of hydrogen-bond acceptors (Lipinski definition) is 6. The number of rotatable bonds is 9. The first-order valence-corrected chi connectivity index (χ1v) is 17.1. The largest absolute Gasteiger partial charge is 0.490 e. The first-order valence-electron chi connectivity index (χ1n) is 15.1. The highest BCUT2D eigenvalue weighted by Gasteiger charge is 2.43. The Kier molecular flexibility index (Phi) is 9.03. The van der Waals surface area contributed by atoms with Crippen molar-refractivity contribution in [3.63, 3.8) is 0 Å². The lowest BCUT2D eigenvalue weighted by Crippen LogP contribution is -2.49. The van der Waals surface area contributed by atoms with Crippen LogP contribution in [0.1, 0.15) is 67.4 Å². The van der Waals surface area contributed by atoms with E-state index in [-0.39, 0.29) is 35.1 Å². The third-order valence-electron chi connectivity index (χ3n) is 10.1. The van der Waals surface area contributed by atoms with Crippen LogP contribution in [0, 0.1) is 17.8 Å². The number of ether oxygens (including phenoxy) is 1. The first kappa shape index (κ1) is 31.6. The number of aromatic carboxylic acids is 1. The molecule has 2 aromatic rings. The summed E-state index contributed by atoms with van der Waals surface area (Å²) in [5.41, 5.74) is 3.24. The van der Waals surface area contributed by atoms with Crippen LogP contribution in [0.5, 0.6) is 5.75 Å². The van der Waals surface area contributed by atoms with Gasteiger partial charge in [0.15, 0.2) is 0 Å². The molecule has 1 unspecified atom stereocenters. The maximum Gasteiger partial charge on any atom is 0.335 e. The predicted molar refractivity (Wildman–Crippen MR) is 167 cm³/mol. The summed E-state index contributed by atoms with van der Waals surface area (Å²) < 4.78 is 30.0. The third-order valence-corrected chi connectivity index (χ3v) is 11.8. The lowest BCUT2D eigenvalue weighted by Gasteiger charge is -2.45. The Morgan fingerprint density at radius 2 is 1.93 bits per heavy atom. The zero-order valence-corrected chi connectivity index (χ0v) is 26.7. The number of hydrogen-bond donors (Lipinski definition) is 2. The van der Waals surface area contributed by atoms with E-state index in [1.165, 1.54) is 11.1 Å². The van der Waals surface area contributed by atoms with Crippen molar-refractivity contribution in [2.45, 2.75) is 63.0 Å². The average molecular weight is 632 g/mol. The van der Waals surface area contributed by atoms with Crippen LogP contribution in [0.4, 0.5) is 5.69 Å². The van der Waals surface area contributed by atoms with Gasteiger partial charge in [-0.05, 0) is 98.2 Å². The minimum atomic E-state index is -3.71. The van der Waals surface area contributed by atoms with Crippen LogP contribution in [-0.4, -0.2) is 68.8 Å². The Hall–Kier alpha value is -2.82. The van der Waals surface area contributed by atoms with Crippen molar-refractivity contribution < 1.29 is 27.9 Å². The minimum Gasteiger partial charge on any atom is -0.490 e. The molecular formula is C32H42ClN3O6S. The number of halogens is 1. The van der Waals surface area contributed by atoms with Crippen molar-refractivity contribution in [3.8, 4) is 5.75 Å². The summed E-state index contributed by atoms with van der Waals surface area (Å²) in [4.78, 5) is 29.0. The SMILES string of the molecule is C[C@H]([C@@H](C)CC(=O)N(C)C[C@@H]1CC[C@H]1CN1CC2(CCCc3cc(Cl)ccc32)COc2ccc(C(=O)O)cc21)S(N)(=O)=O. The van der Waals surface area contributed by atoms with E-state index in [1.807, 2.05) is 6.07 Å². The van der Waals surface area contributed by atoms with Crippen LogP contribution in [0.2, 0.25) is 5.02 Å². The zero-order valence-electron chi connectivity index (χ0n) is 25.1. The number of fused-ring (bicyclic) bond motifs is 3. The molecule has 1 fully saturated rings. The van der Waals surface area contributed by atoms with Crippen LogP contribution in [0.15, 0.2) is 36.4 Å². The molecule has 5 atom stereocenters. The lowest BCUT2D eigenvalue weighted by molar-refractivity contribution is -0.132. The fourth-order valence-corrected chi connectivity index (χ4v) is 7.96. The number of anilines is 1. The van der Waals surface area contributed by atoms with Gasteiger partial charge < -0.3 is 19.6 Å². The van der Waals surface area contributed by atoms with Crippen LogP contribution >= 0.6 is 11.6 Å². The third kappa shape index (κ3) is 6.66. The Morgan fingerprint density at radius 1 is 1.19 bits per heavy atom. The standard InChI is InChI=1S/C32H42ClN3O6S/c1-20(21(2)43(34,40)41)13-30(37)35(3)16-24-6-7-25(24)17-36-18-32(12-4-5-22-14-26(33)9-10-27(22)32)19-42-29-11-8-23(31(38)39)15-28(29)36/h8-11,14-15,20-21,24-25H,4-7,12-13,16-19H2,1-3H3,(H,38,39)(H2,34,40,41)/t20-,21+,24-,25-,32?/m0/s1. The molecule has 0 aromatic heterocycles. The highest BCUT2D eigenvalue weighted by Crippen LogP contribution is 2.46.